The summed E-state index contributed by atoms with van der Waals surface area (Å²) < 4.78 is 12.9. The molecule has 0 aliphatic heterocycles. The number of ether oxygens (including phenoxy) is 2. The van der Waals surface area contributed by atoms with Gasteiger partial charge < -0.3 is 19.4 Å². The maximum atomic E-state index is 12.7. The molecule has 0 saturated carbocycles. The van der Waals surface area contributed by atoms with Gasteiger partial charge in [0.15, 0.2) is 0 Å². The number of para-hydroxylation sites is 3. The van der Waals surface area contributed by atoms with E-state index >= 15 is 0 Å². The zero-order chi connectivity index (χ0) is 20.8. The number of carbonyl (C=O) groups excluding carboxylic acids is 1. The zero-order valence-corrected chi connectivity index (χ0v) is 16.7. The molecule has 4 aromatic rings. The molecule has 0 fully saturated rings. The van der Waals surface area contributed by atoms with Gasteiger partial charge in [0.2, 0.25) is 5.91 Å². The number of nitrogens with zero attached hydrogens (tertiary/aromatic N) is 2. The third-order valence-electron chi connectivity index (χ3n) is 4.80. The normalized spacial score (nSPS) is 10.7. The molecule has 152 valence electrons. The van der Waals surface area contributed by atoms with E-state index in [1.807, 2.05) is 83.4 Å². The number of fused-ring (bicyclic) bond motifs is 1. The predicted molar refractivity (Wildman–Crippen MR) is 115 cm³/mol. The molecule has 30 heavy (non-hydrogen) atoms. The summed E-state index contributed by atoms with van der Waals surface area (Å²) in [6, 6.07) is 25.0. The third kappa shape index (κ3) is 4.60. The quantitative estimate of drug-likeness (QED) is 0.486. The van der Waals surface area contributed by atoms with Crippen molar-refractivity contribution in [3.8, 4) is 11.5 Å². The Kier molecular flexibility index (Phi) is 5.94. The highest BCUT2D eigenvalue weighted by molar-refractivity contribution is 5.81. The van der Waals surface area contributed by atoms with Crippen LogP contribution >= 0.6 is 0 Å². The van der Waals surface area contributed by atoms with Crippen LogP contribution in [0.15, 0.2) is 78.9 Å². The van der Waals surface area contributed by atoms with Crippen molar-refractivity contribution >= 4 is 16.9 Å². The smallest absolute Gasteiger partial charge is 0.240 e. The van der Waals surface area contributed by atoms with Gasteiger partial charge in [0.1, 0.15) is 30.5 Å². The third-order valence-corrected chi connectivity index (χ3v) is 4.80. The van der Waals surface area contributed by atoms with Crippen molar-refractivity contribution in [3.63, 3.8) is 0 Å². The second-order valence-electron chi connectivity index (χ2n) is 6.83. The molecule has 0 bridgehead atoms. The molecule has 4 rings (SSSR count). The Hall–Kier alpha value is -3.80. The first kappa shape index (κ1) is 19.5. The molecule has 0 radical (unpaired) electrons. The van der Waals surface area contributed by atoms with Crippen LogP contribution in [-0.2, 0) is 24.5 Å². The highest BCUT2D eigenvalue weighted by Crippen LogP contribution is 2.18. The van der Waals surface area contributed by atoms with Gasteiger partial charge in [0, 0.05) is 6.54 Å². The maximum absolute atomic E-state index is 12.7. The van der Waals surface area contributed by atoms with Crippen LogP contribution in [-0.4, -0.2) is 22.6 Å². The molecule has 0 saturated heterocycles. The molecule has 1 aromatic heterocycles. The van der Waals surface area contributed by atoms with Crippen LogP contribution in [0.4, 0.5) is 0 Å². The number of aromatic nitrogens is 2. The molecule has 1 heterocycles. The molecule has 3 aromatic carbocycles. The lowest BCUT2D eigenvalue weighted by Crippen LogP contribution is -2.28. The summed E-state index contributed by atoms with van der Waals surface area (Å²) in [6.07, 6.45) is 0. The lowest BCUT2D eigenvalue weighted by Gasteiger charge is -2.11. The topological polar surface area (TPSA) is 65.4 Å². The number of rotatable bonds is 8. The molecule has 0 spiro atoms. The van der Waals surface area contributed by atoms with Crippen molar-refractivity contribution in [2.75, 3.05) is 7.11 Å². The number of hydrogen-bond acceptors (Lipinski definition) is 4. The van der Waals surface area contributed by atoms with E-state index in [9.17, 15) is 4.79 Å². The van der Waals surface area contributed by atoms with Crippen LogP contribution in [0.3, 0.4) is 0 Å². The molecule has 6 heteroatoms. The van der Waals surface area contributed by atoms with E-state index in [-0.39, 0.29) is 19.1 Å². The van der Waals surface area contributed by atoms with Crippen LogP contribution in [0.1, 0.15) is 11.4 Å². The van der Waals surface area contributed by atoms with Crippen LogP contribution in [0.2, 0.25) is 0 Å². The van der Waals surface area contributed by atoms with Gasteiger partial charge in [-0.2, -0.15) is 0 Å². The number of carbonyl (C=O) groups is 1. The lowest BCUT2D eigenvalue weighted by atomic mass is 10.2. The molecular formula is C24H23N3O3. The Labute approximate surface area is 175 Å². The highest BCUT2D eigenvalue weighted by atomic mass is 16.5. The van der Waals surface area contributed by atoms with Crippen molar-refractivity contribution in [2.24, 2.45) is 0 Å². The number of methoxy groups -OCH3 is 1. The van der Waals surface area contributed by atoms with E-state index in [0.29, 0.717) is 12.4 Å². The number of imidazole rings is 1. The summed E-state index contributed by atoms with van der Waals surface area (Å²) in [7, 11) is 1.63. The predicted octanol–water partition coefficient (Wildman–Crippen LogP) is 3.94. The molecule has 0 atom stereocenters. The molecular weight excluding hydrogens is 378 g/mol. The van der Waals surface area contributed by atoms with E-state index in [1.54, 1.807) is 7.11 Å². The summed E-state index contributed by atoms with van der Waals surface area (Å²) in [5.74, 6) is 2.17. The van der Waals surface area contributed by atoms with E-state index in [1.165, 1.54) is 0 Å². The van der Waals surface area contributed by atoms with Crippen molar-refractivity contribution in [3.05, 3.63) is 90.3 Å². The molecule has 6 nitrogen and oxygen atoms in total. The highest BCUT2D eigenvalue weighted by Gasteiger charge is 2.14. The minimum atomic E-state index is -0.0880. The summed E-state index contributed by atoms with van der Waals surface area (Å²) in [6.45, 7) is 0.903. The lowest BCUT2D eigenvalue weighted by molar-refractivity contribution is -0.121. The largest absolute Gasteiger partial charge is 0.497 e. The Balaban J connectivity index is 1.46. The first-order valence-electron chi connectivity index (χ1n) is 9.74. The summed E-state index contributed by atoms with van der Waals surface area (Å²) in [4.78, 5) is 17.3. The average Bonchev–Trinajstić information content (AvgIpc) is 3.14. The van der Waals surface area contributed by atoms with Crippen LogP contribution in [0, 0.1) is 0 Å². The number of nitrogens with one attached hydrogen (secondary N) is 1. The fourth-order valence-corrected chi connectivity index (χ4v) is 3.22. The minimum absolute atomic E-state index is 0.0880. The monoisotopic (exact) mass is 401 g/mol. The second kappa shape index (κ2) is 9.13. The Morgan fingerprint density at radius 2 is 1.67 bits per heavy atom. The minimum Gasteiger partial charge on any atom is -0.497 e. The van der Waals surface area contributed by atoms with Crippen molar-refractivity contribution in [2.45, 2.75) is 19.7 Å². The number of hydrogen-bond donors (Lipinski definition) is 1. The van der Waals surface area contributed by atoms with Crippen molar-refractivity contribution in [1.82, 2.24) is 14.9 Å². The molecule has 1 N–H and O–H groups in total. The Morgan fingerprint density at radius 1 is 0.933 bits per heavy atom. The number of benzene rings is 3. The van der Waals surface area contributed by atoms with E-state index in [4.69, 9.17) is 9.47 Å². The SMILES string of the molecule is COc1ccc(CNC(=O)Cn2c(COc3ccccc3)nc3ccccc32)cc1. The first-order valence-corrected chi connectivity index (χ1v) is 9.74. The van der Waals surface area contributed by atoms with Gasteiger partial charge in [-0.1, -0.05) is 42.5 Å². The molecule has 1 amide bonds. The summed E-state index contributed by atoms with van der Waals surface area (Å²) in [5.41, 5.74) is 2.75. The first-order chi connectivity index (χ1) is 14.7. The standard InChI is InChI=1S/C24H23N3O3/c1-29-19-13-11-18(12-14-19)15-25-24(28)16-27-22-10-6-5-9-21(22)26-23(27)17-30-20-7-3-2-4-8-20/h2-14H,15-17H2,1H3,(H,25,28). The van der Waals surface area contributed by atoms with Crippen LogP contribution in [0.5, 0.6) is 11.5 Å². The van der Waals surface area contributed by atoms with Gasteiger partial charge in [0.25, 0.3) is 0 Å². The summed E-state index contributed by atoms with van der Waals surface area (Å²) in [5, 5.41) is 2.97. The van der Waals surface area contributed by atoms with E-state index in [2.05, 4.69) is 10.3 Å². The fraction of sp³-hybridized carbons (Fsp3) is 0.167. The fourth-order valence-electron chi connectivity index (χ4n) is 3.22. The Morgan fingerprint density at radius 3 is 2.43 bits per heavy atom. The average molecular weight is 401 g/mol. The van der Waals surface area contributed by atoms with Gasteiger partial charge >= 0.3 is 0 Å². The van der Waals surface area contributed by atoms with Gasteiger partial charge in [-0.05, 0) is 42.0 Å². The zero-order valence-electron chi connectivity index (χ0n) is 16.7. The molecule has 0 aliphatic carbocycles. The van der Waals surface area contributed by atoms with E-state index < -0.39 is 0 Å². The van der Waals surface area contributed by atoms with Gasteiger partial charge in [-0.15, -0.1) is 0 Å². The second-order valence-corrected chi connectivity index (χ2v) is 6.83. The van der Waals surface area contributed by atoms with E-state index in [0.717, 1.165) is 28.1 Å². The van der Waals surface area contributed by atoms with Gasteiger partial charge in [-0.3, -0.25) is 4.79 Å². The molecule has 0 unspecified atom stereocenters. The van der Waals surface area contributed by atoms with Crippen LogP contribution in [0.25, 0.3) is 11.0 Å². The van der Waals surface area contributed by atoms with Gasteiger partial charge in [0.05, 0.1) is 18.1 Å². The number of amides is 1. The van der Waals surface area contributed by atoms with Crippen molar-refractivity contribution in [1.29, 1.82) is 0 Å². The van der Waals surface area contributed by atoms with Crippen LogP contribution < -0.4 is 14.8 Å². The molecule has 0 aliphatic rings. The Bertz CT molecular complexity index is 1120. The summed E-state index contributed by atoms with van der Waals surface area (Å²) >= 11 is 0. The van der Waals surface area contributed by atoms with Gasteiger partial charge in [-0.25, -0.2) is 4.98 Å². The van der Waals surface area contributed by atoms with Crippen molar-refractivity contribution < 1.29 is 14.3 Å². The maximum Gasteiger partial charge on any atom is 0.240 e.